The summed E-state index contributed by atoms with van der Waals surface area (Å²) in [5.41, 5.74) is 0. The normalized spacial score (nSPS) is 11.9. The van der Waals surface area contributed by atoms with Crippen molar-refractivity contribution in [1.82, 2.24) is 10.2 Å². The van der Waals surface area contributed by atoms with Crippen molar-refractivity contribution in [3.63, 3.8) is 0 Å². The van der Waals surface area contributed by atoms with Crippen molar-refractivity contribution in [2.75, 3.05) is 14.1 Å². The zero-order chi connectivity index (χ0) is 8.15. The molecule has 2 heteroatoms. The molecule has 0 bridgehead atoms. The van der Waals surface area contributed by atoms with Crippen molar-refractivity contribution in [3.8, 4) is 0 Å². The molecule has 0 aliphatic carbocycles. The number of hydrogen-bond donors (Lipinski definition) is 1. The Hall–Kier alpha value is -0.920. The van der Waals surface area contributed by atoms with Crippen LogP contribution in [-0.2, 0) is 0 Å². The molecule has 0 fully saturated rings. The Labute approximate surface area is 63.2 Å². The van der Waals surface area contributed by atoms with E-state index in [1.165, 1.54) is 0 Å². The van der Waals surface area contributed by atoms with Crippen LogP contribution in [0.15, 0.2) is 25.1 Å². The third-order valence-electron chi connectivity index (χ3n) is 1.29. The van der Waals surface area contributed by atoms with Crippen molar-refractivity contribution in [1.29, 1.82) is 0 Å². The minimum atomic E-state index is 0.287. The molecular formula is C8H16N2. The summed E-state index contributed by atoms with van der Waals surface area (Å²) >= 11 is 0. The first-order valence-electron chi connectivity index (χ1n) is 3.33. The number of hydrogen-bond acceptors (Lipinski definition) is 2. The molecule has 1 N–H and O–H groups in total. The summed E-state index contributed by atoms with van der Waals surface area (Å²) in [5, 5.41) is 3.14. The fourth-order valence-corrected chi connectivity index (χ4v) is 0.451. The third-order valence-corrected chi connectivity index (χ3v) is 1.29. The molecule has 10 heavy (non-hydrogen) atoms. The van der Waals surface area contributed by atoms with Crippen molar-refractivity contribution >= 4 is 0 Å². The third kappa shape index (κ3) is 3.17. The van der Waals surface area contributed by atoms with Crippen molar-refractivity contribution in [2.24, 2.45) is 0 Å². The Balaban J connectivity index is 3.68. The average Bonchev–Trinajstić information content (AvgIpc) is 1.87. The molecular weight excluding hydrogens is 124 g/mol. The molecule has 0 radical (unpaired) electrons. The van der Waals surface area contributed by atoms with Gasteiger partial charge in [-0.2, -0.15) is 0 Å². The van der Waals surface area contributed by atoms with Gasteiger partial charge in [0.1, 0.15) is 0 Å². The van der Waals surface area contributed by atoms with Gasteiger partial charge in [-0.05, 0) is 6.92 Å². The minimum absolute atomic E-state index is 0.287. The molecule has 58 valence electrons. The molecule has 0 saturated heterocycles. The maximum atomic E-state index is 3.81. The standard InChI is InChI=1S/C8H16N2/c1-6-7(2)9-8(3)10(4)5/h6-7,9H,1,3H2,2,4-5H3. The highest BCUT2D eigenvalue weighted by molar-refractivity contribution is 4.94. The molecule has 0 aliphatic rings. The zero-order valence-electron chi connectivity index (χ0n) is 7.02. The van der Waals surface area contributed by atoms with Crippen molar-refractivity contribution in [3.05, 3.63) is 25.1 Å². The number of nitrogens with zero attached hydrogens (tertiary/aromatic N) is 1. The first-order valence-corrected chi connectivity index (χ1v) is 3.33. The van der Waals surface area contributed by atoms with Crippen molar-refractivity contribution < 1.29 is 0 Å². The molecule has 0 aromatic rings. The van der Waals surface area contributed by atoms with Crippen LogP contribution < -0.4 is 5.32 Å². The van der Waals surface area contributed by atoms with Gasteiger partial charge in [-0.25, -0.2) is 0 Å². The van der Waals surface area contributed by atoms with Gasteiger partial charge < -0.3 is 10.2 Å². The lowest BCUT2D eigenvalue weighted by Gasteiger charge is -2.20. The quantitative estimate of drug-likeness (QED) is 0.590. The van der Waals surface area contributed by atoms with Crippen LogP contribution in [0.5, 0.6) is 0 Å². The number of rotatable bonds is 4. The van der Waals surface area contributed by atoms with Gasteiger partial charge in [-0.1, -0.05) is 12.7 Å². The van der Waals surface area contributed by atoms with Crippen LogP contribution in [0.1, 0.15) is 6.92 Å². The highest BCUT2D eigenvalue weighted by atomic mass is 15.2. The van der Waals surface area contributed by atoms with E-state index in [0.717, 1.165) is 5.82 Å². The summed E-state index contributed by atoms with van der Waals surface area (Å²) in [5.74, 6) is 0.910. The molecule has 2 nitrogen and oxygen atoms in total. The average molecular weight is 140 g/mol. The van der Waals surface area contributed by atoms with Crippen LogP contribution in [-0.4, -0.2) is 25.0 Å². The highest BCUT2D eigenvalue weighted by Crippen LogP contribution is 1.91. The smallest absolute Gasteiger partial charge is 0.0938 e. The van der Waals surface area contributed by atoms with E-state index < -0.39 is 0 Å². The molecule has 0 amide bonds. The largest absolute Gasteiger partial charge is 0.366 e. The first kappa shape index (κ1) is 9.08. The zero-order valence-corrected chi connectivity index (χ0v) is 7.02. The molecule has 0 aliphatic heterocycles. The molecule has 0 heterocycles. The van der Waals surface area contributed by atoms with Gasteiger partial charge >= 0.3 is 0 Å². The Morgan fingerprint density at radius 2 is 2.10 bits per heavy atom. The van der Waals surface area contributed by atoms with E-state index in [-0.39, 0.29) is 6.04 Å². The lowest BCUT2D eigenvalue weighted by atomic mass is 10.3. The van der Waals surface area contributed by atoms with E-state index in [2.05, 4.69) is 18.5 Å². The molecule has 0 spiro atoms. The van der Waals surface area contributed by atoms with E-state index in [0.29, 0.717) is 0 Å². The van der Waals surface area contributed by atoms with Crippen LogP contribution in [0.4, 0.5) is 0 Å². The van der Waals surface area contributed by atoms with Gasteiger partial charge in [0.05, 0.1) is 5.82 Å². The van der Waals surface area contributed by atoms with E-state index in [1.807, 2.05) is 32.0 Å². The summed E-state index contributed by atoms with van der Waals surface area (Å²) in [7, 11) is 3.90. The van der Waals surface area contributed by atoms with Crippen LogP contribution in [0.2, 0.25) is 0 Å². The second-order valence-electron chi connectivity index (χ2n) is 2.51. The lowest BCUT2D eigenvalue weighted by molar-refractivity contribution is 0.452. The molecule has 0 aromatic heterocycles. The van der Waals surface area contributed by atoms with E-state index >= 15 is 0 Å². The van der Waals surface area contributed by atoms with Crippen LogP contribution in [0, 0.1) is 0 Å². The SMILES string of the molecule is C=CC(C)NC(=C)N(C)C. The highest BCUT2D eigenvalue weighted by Gasteiger charge is 1.97. The van der Waals surface area contributed by atoms with Crippen LogP contribution in [0.3, 0.4) is 0 Å². The lowest BCUT2D eigenvalue weighted by Crippen LogP contribution is -2.30. The van der Waals surface area contributed by atoms with Gasteiger partial charge in [0, 0.05) is 20.1 Å². The van der Waals surface area contributed by atoms with E-state index in [1.54, 1.807) is 0 Å². The van der Waals surface area contributed by atoms with Gasteiger partial charge in [0.2, 0.25) is 0 Å². The fourth-order valence-electron chi connectivity index (χ4n) is 0.451. The fraction of sp³-hybridized carbons (Fsp3) is 0.500. The van der Waals surface area contributed by atoms with Gasteiger partial charge in [-0.3, -0.25) is 0 Å². The maximum absolute atomic E-state index is 3.81. The molecule has 1 unspecified atom stereocenters. The molecule has 0 rings (SSSR count). The van der Waals surface area contributed by atoms with Crippen molar-refractivity contribution in [2.45, 2.75) is 13.0 Å². The Kier molecular flexibility index (Phi) is 3.62. The summed E-state index contributed by atoms with van der Waals surface area (Å²) in [6.07, 6.45) is 1.84. The van der Waals surface area contributed by atoms with Gasteiger partial charge in [0.25, 0.3) is 0 Å². The van der Waals surface area contributed by atoms with Crippen LogP contribution in [0.25, 0.3) is 0 Å². The topological polar surface area (TPSA) is 15.3 Å². The Morgan fingerprint density at radius 3 is 2.40 bits per heavy atom. The van der Waals surface area contributed by atoms with E-state index in [4.69, 9.17) is 0 Å². The second-order valence-corrected chi connectivity index (χ2v) is 2.51. The summed E-state index contributed by atoms with van der Waals surface area (Å²) in [4.78, 5) is 1.93. The first-order chi connectivity index (χ1) is 4.57. The Bertz CT molecular complexity index is 127. The predicted octanol–water partition coefficient (Wildman–Crippen LogP) is 1.18. The van der Waals surface area contributed by atoms with Crippen LogP contribution >= 0.6 is 0 Å². The molecule has 0 saturated carbocycles. The monoisotopic (exact) mass is 140 g/mol. The molecule has 0 aromatic carbocycles. The summed E-state index contributed by atoms with van der Waals surface area (Å²) < 4.78 is 0. The molecule has 1 atom stereocenters. The Morgan fingerprint density at radius 1 is 1.60 bits per heavy atom. The van der Waals surface area contributed by atoms with E-state index in [9.17, 15) is 0 Å². The second kappa shape index (κ2) is 3.99. The minimum Gasteiger partial charge on any atom is -0.366 e. The van der Waals surface area contributed by atoms with Gasteiger partial charge in [0.15, 0.2) is 0 Å². The predicted molar refractivity (Wildman–Crippen MR) is 45.6 cm³/mol. The summed E-state index contributed by atoms with van der Waals surface area (Å²) in [6, 6.07) is 0.287. The number of nitrogens with one attached hydrogen (secondary N) is 1. The maximum Gasteiger partial charge on any atom is 0.0938 e. The summed E-state index contributed by atoms with van der Waals surface area (Å²) in [6.45, 7) is 9.49. The van der Waals surface area contributed by atoms with Gasteiger partial charge in [-0.15, -0.1) is 6.58 Å².